The Morgan fingerprint density at radius 3 is 2.73 bits per heavy atom. The minimum Gasteiger partial charge on any atom is -0.384 e. The average molecular weight is 495 g/mol. The molecule has 4 N–H and O–H groups in total. The summed E-state index contributed by atoms with van der Waals surface area (Å²) >= 11 is 0. The third kappa shape index (κ3) is 4.75. The van der Waals surface area contributed by atoms with Crippen molar-refractivity contribution in [3.05, 3.63) is 78.1 Å². The predicted molar refractivity (Wildman–Crippen MR) is 151 cm³/mol. The number of nitrogens with zero attached hydrogens (tertiary/aromatic N) is 2. The van der Waals surface area contributed by atoms with Gasteiger partial charge in [-0.15, -0.1) is 0 Å². The molecular weight excluding hydrogens is 463 g/mol. The summed E-state index contributed by atoms with van der Waals surface area (Å²) in [5.41, 5.74) is 9.03. The number of benzene rings is 3. The second-order valence-corrected chi connectivity index (χ2v) is 9.92. The fourth-order valence-electron chi connectivity index (χ4n) is 5.11. The molecule has 7 heteroatoms. The van der Waals surface area contributed by atoms with E-state index in [1.54, 1.807) is 12.1 Å². The fraction of sp³-hybridized carbons (Fsp3) is 0.233. The topological polar surface area (TPSA) is 71.8 Å². The standard InChI is InChI=1S/C30H31FN6/c1-37(2)13-12-33-23-15-21(14-22(31)17-23)24-4-3-5-27-25(24)18-29(34-27)30-26-16-20(6-7-28(26)35-36-30)19-8-10-32-11-9-19/h3-8,14-18,32-34H,9-13H2,1-2H3,(H,35,36). The van der Waals surface area contributed by atoms with E-state index in [1.807, 2.05) is 32.3 Å². The molecule has 5 aromatic rings. The SMILES string of the molecule is CN(C)CCNc1cc(F)cc(-c2cccc3[nH]c(-c4n[nH]c5ccc(C6=CCNCC6)cc45)cc23)c1. The number of hydrogen-bond acceptors (Lipinski definition) is 4. The first-order valence-corrected chi connectivity index (χ1v) is 12.7. The Kier molecular flexibility index (Phi) is 6.24. The van der Waals surface area contributed by atoms with Crippen LogP contribution in [-0.4, -0.2) is 60.4 Å². The molecule has 188 valence electrons. The van der Waals surface area contributed by atoms with Crippen molar-refractivity contribution in [2.24, 2.45) is 0 Å². The number of rotatable bonds is 7. The van der Waals surface area contributed by atoms with Crippen LogP contribution >= 0.6 is 0 Å². The third-order valence-electron chi connectivity index (χ3n) is 7.01. The second-order valence-electron chi connectivity index (χ2n) is 9.92. The van der Waals surface area contributed by atoms with Crippen molar-refractivity contribution in [1.82, 2.24) is 25.4 Å². The van der Waals surface area contributed by atoms with Crippen molar-refractivity contribution in [2.75, 3.05) is 45.6 Å². The molecule has 0 unspecified atom stereocenters. The molecule has 37 heavy (non-hydrogen) atoms. The van der Waals surface area contributed by atoms with E-state index in [4.69, 9.17) is 0 Å². The van der Waals surface area contributed by atoms with E-state index in [9.17, 15) is 4.39 Å². The molecule has 0 bridgehead atoms. The lowest BCUT2D eigenvalue weighted by atomic mass is 9.98. The molecule has 2 aromatic heterocycles. The predicted octanol–water partition coefficient (Wildman–Crippen LogP) is 5.87. The maximum Gasteiger partial charge on any atom is 0.125 e. The van der Waals surface area contributed by atoms with E-state index in [-0.39, 0.29) is 5.82 Å². The van der Waals surface area contributed by atoms with Gasteiger partial charge in [0.15, 0.2) is 0 Å². The molecule has 0 saturated heterocycles. The van der Waals surface area contributed by atoms with E-state index >= 15 is 0 Å². The van der Waals surface area contributed by atoms with Crippen molar-refractivity contribution in [3.8, 4) is 22.5 Å². The lowest BCUT2D eigenvalue weighted by Gasteiger charge is -2.14. The van der Waals surface area contributed by atoms with Gasteiger partial charge >= 0.3 is 0 Å². The maximum atomic E-state index is 14.6. The zero-order valence-electron chi connectivity index (χ0n) is 21.2. The number of nitrogens with one attached hydrogen (secondary N) is 4. The van der Waals surface area contributed by atoms with Gasteiger partial charge in [-0.1, -0.05) is 24.3 Å². The first kappa shape index (κ1) is 23.5. The molecule has 3 aromatic carbocycles. The first-order chi connectivity index (χ1) is 18.0. The molecule has 6 nitrogen and oxygen atoms in total. The summed E-state index contributed by atoms with van der Waals surface area (Å²) in [6.45, 7) is 3.52. The number of aromatic amines is 2. The normalized spacial score (nSPS) is 14.0. The number of fused-ring (bicyclic) bond motifs is 2. The number of aromatic nitrogens is 3. The Hall–Kier alpha value is -3.94. The quantitative estimate of drug-likeness (QED) is 0.228. The number of anilines is 1. The van der Waals surface area contributed by atoms with E-state index in [0.29, 0.717) is 0 Å². The molecule has 3 heterocycles. The summed E-state index contributed by atoms with van der Waals surface area (Å²) in [5, 5.41) is 16.7. The van der Waals surface area contributed by atoms with Crippen LogP contribution in [0.3, 0.4) is 0 Å². The second kappa shape index (κ2) is 9.84. The summed E-state index contributed by atoms with van der Waals surface area (Å²) in [6, 6.07) is 19.9. The summed E-state index contributed by atoms with van der Waals surface area (Å²) in [6.07, 6.45) is 3.29. The van der Waals surface area contributed by atoms with Crippen LogP contribution in [0.1, 0.15) is 12.0 Å². The van der Waals surface area contributed by atoms with E-state index in [0.717, 1.165) is 82.6 Å². The van der Waals surface area contributed by atoms with Crippen LogP contribution in [0.25, 0.3) is 49.9 Å². The smallest absolute Gasteiger partial charge is 0.125 e. The van der Waals surface area contributed by atoms with Crippen LogP contribution in [0.4, 0.5) is 10.1 Å². The van der Waals surface area contributed by atoms with E-state index < -0.39 is 0 Å². The molecule has 0 spiro atoms. The summed E-state index contributed by atoms with van der Waals surface area (Å²) in [7, 11) is 4.05. The van der Waals surface area contributed by atoms with Crippen LogP contribution in [0.2, 0.25) is 0 Å². The summed E-state index contributed by atoms with van der Waals surface area (Å²) < 4.78 is 14.6. The Morgan fingerprint density at radius 2 is 1.89 bits per heavy atom. The lowest BCUT2D eigenvalue weighted by molar-refractivity contribution is 0.425. The van der Waals surface area contributed by atoms with Gasteiger partial charge in [0.25, 0.3) is 0 Å². The highest BCUT2D eigenvalue weighted by Crippen LogP contribution is 2.36. The van der Waals surface area contributed by atoms with E-state index in [1.165, 1.54) is 11.1 Å². The van der Waals surface area contributed by atoms with Gasteiger partial charge in [-0.25, -0.2) is 4.39 Å². The Balaban J connectivity index is 1.39. The van der Waals surface area contributed by atoms with Gasteiger partial charge in [0.05, 0.1) is 11.2 Å². The van der Waals surface area contributed by atoms with Crippen LogP contribution in [0.5, 0.6) is 0 Å². The first-order valence-electron chi connectivity index (χ1n) is 12.7. The van der Waals surface area contributed by atoms with E-state index in [2.05, 4.69) is 67.1 Å². The van der Waals surface area contributed by atoms with Crippen molar-refractivity contribution in [3.63, 3.8) is 0 Å². The van der Waals surface area contributed by atoms with Gasteiger partial charge in [-0.3, -0.25) is 5.10 Å². The summed E-state index contributed by atoms with van der Waals surface area (Å²) in [5.74, 6) is -0.254. The van der Waals surface area contributed by atoms with Gasteiger partial charge in [0.2, 0.25) is 0 Å². The van der Waals surface area contributed by atoms with Crippen molar-refractivity contribution < 1.29 is 4.39 Å². The molecule has 1 aliphatic rings. The molecule has 0 aliphatic carbocycles. The molecule has 6 rings (SSSR count). The van der Waals surface area contributed by atoms with Gasteiger partial charge in [0.1, 0.15) is 11.5 Å². The largest absolute Gasteiger partial charge is 0.384 e. The van der Waals surface area contributed by atoms with Gasteiger partial charge in [0, 0.05) is 41.6 Å². The highest BCUT2D eigenvalue weighted by atomic mass is 19.1. The summed E-state index contributed by atoms with van der Waals surface area (Å²) in [4.78, 5) is 5.65. The van der Waals surface area contributed by atoms with Crippen molar-refractivity contribution in [1.29, 1.82) is 0 Å². The van der Waals surface area contributed by atoms with Gasteiger partial charge < -0.3 is 20.5 Å². The van der Waals surface area contributed by atoms with Crippen molar-refractivity contribution in [2.45, 2.75) is 6.42 Å². The number of H-pyrrole nitrogens is 2. The monoisotopic (exact) mass is 494 g/mol. The van der Waals surface area contributed by atoms with Crippen LogP contribution in [0, 0.1) is 5.82 Å². The van der Waals surface area contributed by atoms with Crippen molar-refractivity contribution >= 4 is 33.1 Å². The molecule has 0 fully saturated rings. The third-order valence-corrected chi connectivity index (χ3v) is 7.01. The van der Waals surface area contributed by atoms with Gasteiger partial charge in [-0.2, -0.15) is 5.10 Å². The molecule has 0 radical (unpaired) electrons. The molecule has 0 saturated carbocycles. The number of halogens is 1. The lowest BCUT2D eigenvalue weighted by Crippen LogP contribution is -2.20. The van der Waals surface area contributed by atoms with Crippen LogP contribution in [0.15, 0.2) is 66.7 Å². The molecule has 0 amide bonds. The molecular formula is C30H31FN6. The fourth-order valence-corrected chi connectivity index (χ4v) is 5.11. The average Bonchev–Trinajstić information content (AvgIpc) is 3.52. The van der Waals surface area contributed by atoms with Crippen LogP contribution < -0.4 is 10.6 Å². The molecule has 0 atom stereocenters. The minimum absolute atomic E-state index is 0.254. The Labute approximate surface area is 215 Å². The minimum atomic E-state index is -0.254. The Bertz CT molecular complexity index is 1610. The number of likely N-dealkylation sites (N-methyl/N-ethyl adjacent to an activating group) is 1. The highest BCUT2D eigenvalue weighted by molar-refractivity contribution is 6.01. The molecule has 1 aliphatic heterocycles. The zero-order valence-corrected chi connectivity index (χ0v) is 21.2. The van der Waals surface area contributed by atoms with Crippen LogP contribution in [-0.2, 0) is 0 Å². The number of hydrogen-bond donors (Lipinski definition) is 4. The highest BCUT2D eigenvalue weighted by Gasteiger charge is 2.16. The zero-order chi connectivity index (χ0) is 25.4. The Morgan fingerprint density at radius 1 is 0.973 bits per heavy atom. The maximum absolute atomic E-state index is 14.6. The van der Waals surface area contributed by atoms with Gasteiger partial charge in [-0.05, 0) is 91.8 Å².